The number of rotatable bonds is 6. The van der Waals surface area contributed by atoms with Gasteiger partial charge in [-0.2, -0.15) is 0 Å². The van der Waals surface area contributed by atoms with Crippen molar-refractivity contribution < 1.29 is 19.4 Å². The maximum atomic E-state index is 10.5. The van der Waals surface area contributed by atoms with E-state index in [9.17, 15) is 4.79 Å². The molecule has 0 heterocycles. The Kier molecular flexibility index (Phi) is 5.71. The van der Waals surface area contributed by atoms with Crippen LogP contribution in [0.4, 0.5) is 0 Å². The van der Waals surface area contributed by atoms with Gasteiger partial charge in [-0.3, -0.25) is 0 Å². The van der Waals surface area contributed by atoms with Gasteiger partial charge in [0.2, 0.25) is 0 Å². The first-order valence-corrected chi connectivity index (χ1v) is 6.37. The van der Waals surface area contributed by atoms with Crippen LogP contribution in [0.5, 0.6) is 11.5 Å². The first-order chi connectivity index (χ1) is 8.58. The Bertz CT molecular complexity index is 455. The highest BCUT2D eigenvalue weighted by Gasteiger charge is 2.09. The molecule has 0 atom stereocenters. The van der Waals surface area contributed by atoms with Gasteiger partial charge < -0.3 is 14.6 Å². The van der Waals surface area contributed by atoms with Crippen molar-refractivity contribution in [3.8, 4) is 11.5 Å². The molecule has 0 radical (unpaired) electrons. The molecule has 0 aliphatic rings. The van der Waals surface area contributed by atoms with Crippen molar-refractivity contribution in [2.75, 3.05) is 13.2 Å². The van der Waals surface area contributed by atoms with E-state index >= 15 is 0 Å². The predicted molar refractivity (Wildman–Crippen MR) is 73.1 cm³/mol. The fourth-order valence-corrected chi connectivity index (χ4v) is 1.83. The zero-order valence-corrected chi connectivity index (χ0v) is 11.9. The SMILES string of the molecule is CCOc1cc(Br)c(/C=C/C(=O)O)cc1OCC. The van der Waals surface area contributed by atoms with Crippen LogP contribution in [0.15, 0.2) is 22.7 Å². The summed E-state index contributed by atoms with van der Waals surface area (Å²) in [5.41, 5.74) is 0.726. The van der Waals surface area contributed by atoms with Gasteiger partial charge in [0.1, 0.15) is 0 Å². The molecular formula is C13H15BrO4. The lowest BCUT2D eigenvalue weighted by atomic mass is 10.2. The molecule has 0 fully saturated rings. The topological polar surface area (TPSA) is 55.8 Å². The zero-order chi connectivity index (χ0) is 13.5. The van der Waals surface area contributed by atoms with Crippen molar-refractivity contribution in [1.82, 2.24) is 0 Å². The van der Waals surface area contributed by atoms with E-state index in [1.807, 2.05) is 13.8 Å². The highest BCUT2D eigenvalue weighted by atomic mass is 79.9. The van der Waals surface area contributed by atoms with Gasteiger partial charge in [-0.05, 0) is 37.6 Å². The monoisotopic (exact) mass is 314 g/mol. The van der Waals surface area contributed by atoms with Crippen LogP contribution in [-0.2, 0) is 4.79 Å². The molecule has 0 bridgehead atoms. The van der Waals surface area contributed by atoms with Gasteiger partial charge in [-0.15, -0.1) is 0 Å². The van der Waals surface area contributed by atoms with Crippen molar-refractivity contribution in [2.45, 2.75) is 13.8 Å². The molecular weight excluding hydrogens is 300 g/mol. The van der Waals surface area contributed by atoms with Crippen LogP contribution in [0.1, 0.15) is 19.4 Å². The molecule has 0 aromatic heterocycles. The number of halogens is 1. The zero-order valence-electron chi connectivity index (χ0n) is 10.3. The summed E-state index contributed by atoms with van der Waals surface area (Å²) in [5.74, 6) is 0.250. The Morgan fingerprint density at radius 2 is 1.83 bits per heavy atom. The van der Waals surface area contributed by atoms with Gasteiger partial charge in [0.25, 0.3) is 0 Å². The van der Waals surface area contributed by atoms with Crippen LogP contribution in [0.2, 0.25) is 0 Å². The Morgan fingerprint density at radius 1 is 1.28 bits per heavy atom. The highest BCUT2D eigenvalue weighted by molar-refractivity contribution is 9.10. The summed E-state index contributed by atoms with van der Waals surface area (Å²) in [5, 5.41) is 8.62. The first-order valence-electron chi connectivity index (χ1n) is 5.58. The molecule has 0 amide bonds. The van der Waals surface area contributed by atoms with E-state index in [0.29, 0.717) is 24.7 Å². The second-order valence-electron chi connectivity index (χ2n) is 3.36. The van der Waals surface area contributed by atoms with Crippen LogP contribution in [-0.4, -0.2) is 24.3 Å². The summed E-state index contributed by atoms with van der Waals surface area (Å²) >= 11 is 3.37. The average Bonchev–Trinajstić information content (AvgIpc) is 2.31. The highest BCUT2D eigenvalue weighted by Crippen LogP contribution is 2.34. The van der Waals surface area contributed by atoms with Gasteiger partial charge >= 0.3 is 5.97 Å². The van der Waals surface area contributed by atoms with E-state index in [1.54, 1.807) is 12.1 Å². The van der Waals surface area contributed by atoms with E-state index in [1.165, 1.54) is 6.08 Å². The van der Waals surface area contributed by atoms with E-state index < -0.39 is 5.97 Å². The standard InChI is InChI=1S/C13H15BrO4/c1-3-17-11-7-9(5-6-13(15)16)10(14)8-12(11)18-4-2/h5-8H,3-4H2,1-2H3,(H,15,16)/b6-5+. The number of aliphatic carboxylic acids is 1. The van der Waals surface area contributed by atoms with E-state index in [2.05, 4.69) is 15.9 Å². The van der Waals surface area contributed by atoms with Crippen molar-refractivity contribution in [2.24, 2.45) is 0 Å². The minimum absolute atomic E-state index is 0.518. The second kappa shape index (κ2) is 7.06. The normalized spacial score (nSPS) is 10.6. The third kappa shape index (κ3) is 4.07. The van der Waals surface area contributed by atoms with E-state index in [-0.39, 0.29) is 0 Å². The molecule has 5 heteroatoms. The molecule has 0 saturated heterocycles. The average molecular weight is 315 g/mol. The maximum absolute atomic E-state index is 10.5. The van der Waals surface area contributed by atoms with Crippen LogP contribution in [0, 0.1) is 0 Å². The summed E-state index contributed by atoms with van der Waals surface area (Å²) in [6, 6.07) is 3.52. The fourth-order valence-electron chi connectivity index (χ4n) is 1.38. The number of carboxylic acid groups (broad SMARTS) is 1. The smallest absolute Gasteiger partial charge is 0.328 e. The van der Waals surface area contributed by atoms with Crippen LogP contribution < -0.4 is 9.47 Å². The Morgan fingerprint density at radius 3 is 2.33 bits per heavy atom. The van der Waals surface area contributed by atoms with Gasteiger partial charge in [0, 0.05) is 10.5 Å². The molecule has 0 spiro atoms. The number of carboxylic acids is 1. The van der Waals surface area contributed by atoms with Gasteiger partial charge in [0.15, 0.2) is 11.5 Å². The summed E-state index contributed by atoms with van der Waals surface area (Å²) in [4.78, 5) is 10.5. The second-order valence-corrected chi connectivity index (χ2v) is 4.21. The predicted octanol–water partition coefficient (Wildman–Crippen LogP) is 3.34. The minimum atomic E-state index is -0.992. The summed E-state index contributed by atoms with van der Waals surface area (Å²) < 4.78 is 11.7. The summed E-state index contributed by atoms with van der Waals surface area (Å²) in [7, 11) is 0. The third-order valence-electron chi connectivity index (χ3n) is 2.07. The van der Waals surface area contributed by atoms with Gasteiger partial charge in [-0.1, -0.05) is 15.9 Å². The Hall–Kier alpha value is -1.49. The molecule has 0 saturated carbocycles. The third-order valence-corrected chi connectivity index (χ3v) is 2.75. The minimum Gasteiger partial charge on any atom is -0.490 e. The number of ether oxygens (including phenoxy) is 2. The molecule has 1 aromatic rings. The van der Waals surface area contributed by atoms with Gasteiger partial charge in [-0.25, -0.2) is 4.79 Å². The summed E-state index contributed by atoms with van der Waals surface area (Å²) in [6.45, 7) is 4.83. The lowest BCUT2D eigenvalue weighted by molar-refractivity contribution is -0.131. The van der Waals surface area contributed by atoms with Crippen LogP contribution >= 0.6 is 15.9 Å². The molecule has 18 heavy (non-hydrogen) atoms. The maximum Gasteiger partial charge on any atom is 0.328 e. The lowest BCUT2D eigenvalue weighted by Gasteiger charge is -2.12. The number of carbonyl (C=O) groups is 1. The van der Waals surface area contributed by atoms with E-state index in [0.717, 1.165) is 16.1 Å². The Balaban J connectivity index is 3.13. The molecule has 1 N–H and O–H groups in total. The van der Waals surface area contributed by atoms with E-state index in [4.69, 9.17) is 14.6 Å². The molecule has 0 unspecified atom stereocenters. The summed E-state index contributed by atoms with van der Waals surface area (Å²) in [6.07, 6.45) is 2.58. The van der Waals surface area contributed by atoms with Crippen LogP contribution in [0.3, 0.4) is 0 Å². The number of hydrogen-bond acceptors (Lipinski definition) is 3. The lowest BCUT2D eigenvalue weighted by Crippen LogP contribution is -1.99. The Labute approximate surface area is 114 Å². The molecule has 1 aromatic carbocycles. The van der Waals surface area contributed by atoms with Crippen molar-refractivity contribution in [3.63, 3.8) is 0 Å². The molecule has 1 rings (SSSR count). The first kappa shape index (κ1) is 14.6. The number of benzene rings is 1. The fraction of sp³-hybridized carbons (Fsp3) is 0.308. The van der Waals surface area contributed by atoms with Gasteiger partial charge in [0.05, 0.1) is 13.2 Å². The van der Waals surface area contributed by atoms with Crippen molar-refractivity contribution in [3.05, 3.63) is 28.2 Å². The quantitative estimate of drug-likeness (QED) is 0.818. The molecule has 0 aliphatic heterocycles. The van der Waals surface area contributed by atoms with Crippen molar-refractivity contribution in [1.29, 1.82) is 0 Å². The largest absolute Gasteiger partial charge is 0.490 e. The van der Waals surface area contributed by atoms with Crippen LogP contribution in [0.25, 0.3) is 6.08 Å². The molecule has 98 valence electrons. The van der Waals surface area contributed by atoms with Crippen molar-refractivity contribution >= 4 is 28.0 Å². The number of hydrogen-bond donors (Lipinski definition) is 1. The molecule has 4 nitrogen and oxygen atoms in total. The molecule has 0 aliphatic carbocycles.